The van der Waals surface area contributed by atoms with Crippen LogP contribution < -0.4 is 10.1 Å². The second kappa shape index (κ2) is 8.60. The summed E-state index contributed by atoms with van der Waals surface area (Å²) in [5.41, 5.74) is 1.29. The van der Waals surface area contributed by atoms with E-state index in [2.05, 4.69) is 5.32 Å². The van der Waals surface area contributed by atoms with Crippen molar-refractivity contribution in [2.75, 3.05) is 32.6 Å². The molecule has 1 atom stereocenters. The highest BCUT2D eigenvalue weighted by Crippen LogP contribution is 2.18. The number of nitrogens with zero attached hydrogens (tertiary/aromatic N) is 1. The summed E-state index contributed by atoms with van der Waals surface area (Å²) in [4.78, 5) is 14.0. The van der Waals surface area contributed by atoms with Crippen molar-refractivity contribution in [1.82, 2.24) is 4.90 Å². The summed E-state index contributed by atoms with van der Waals surface area (Å²) in [6.07, 6.45) is -0.584. The normalized spacial score (nSPS) is 12.1. The fourth-order valence-electron chi connectivity index (χ4n) is 2.30. The van der Waals surface area contributed by atoms with Crippen LogP contribution in [0.1, 0.15) is 15.9 Å². The maximum atomic E-state index is 13.8. The van der Waals surface area contributed by atoms with E-state index >= 15 is 0 Å². The van der Waals surface area contributed by atoms with Gasteiger partial charge in [-0.05, 0) is 63.0 Å². The Kier molecular flexibility index (Phi) is 6.50. The first-order chi connectivity index (χ1) is 11.8. The number of carbonyl (C=O) groups is 1. The molecule has 0 saturated carbocycles. The second-order valence-corrected chi connectivity index (χ2v) is 6.19. The molecule has 25 heavy (non-hydrogen) atoms. The zero-order chi connectivity index (χ0) is 18.4. The van der Waals surface area contributed by atoms with E-state index in [-0.39, 0.29) is 12.2 Å². The van der Waals surface area contributed by atoms with Crippen molar-refractivity contribution >= 4 is 11.6 Å². The highest BCUT2D eigenvalue weighted by Gasteiger charge is 2.12. The van der Waals surface area contributed by atoms with Crippen LogP contribution in [-0.2, 0) is 0 Å². The third-order valence-corrected chi connectivity index (χ3v) is 3.50. The third kappa shape index (κ3) is 5.85. The van der Waals surface area contributed by atoms with Crippen LogP contribution in [0, 0.1) is 12.7 Å². The predicted octanol–water partition coefficient (Wildman–Crippen LogP) is 2.69. The molecule has 1 amide bonds. The van der Waals surface area contributed by atoms with E-state index in [0.717, 1.165) is 5.56 Å². The molecule has 5 nitrogen and oxygen atoms in total. The molecule has 0 saturated heterocycles. The highest BCUT2D eigenvalue weighted by atomic mass is 19.1. The molecule has 0 fully saturated rings. The Labute approximate surface area is 147 Å². The van der Waals surface area contributed by atoms with Gasteiger partial charge >= 0.3 is 0 Å². The fourth-order valence-corrected chi connectivity index (χ4v) is 2.30. The topological polar surface area (TPSA) is 61.8 Å². The predicted molar refractivity (Wildman–Crippen MR) is 95.6 cm³/mol. The number of carbonyl (C=O) groups excluding carboxylic acids is 1. The Balaban J connectivity index is 1.92. The van der Waals surface area contributed by atoms with Gasteiger partial charge in [0.15, 0.2) is 0 Å². The molecule has 0 aliphatic heterocycles. The summed E-state index contributed by atoms with van der Waals surface area (Å²) in [5.74, 6) is -0.475. The minimum absolute atomic E-state index is 0.00210. The average molecular weight is 346 g/mol. The van der Waals surface area contributed by atoms with Crippen molar-refractivity contribution in [3.05, 3.63) is 59.4 Å². The van der Waals surface area contributed by atoms with Gasteiger partial charge in [0.25, 0.3) is 5.91 Å². The third-order valence-electron chi connectivity index (χ3n) is 3.50. The molecule has 2 aromatic rings. The van der Waals surface area contributed by atoms with E-state index in [9.17, 15) is 14.3 Å². The van der Waals surface area contributed by atoms with Gasteiger partial charge in [-0.2, -0.15) is 0 Å². The number of ether oxygens (including phenoxy) is 1. The molecule has 0 spiro atoms. The molecule has 0 bridgehead atoms. The molecule has 0 aliphatic carbocycles. The van der Waals surface area contributed by atoms with Crippen LogP contribution in [0.4, 0.5) is 10.1 Å². The number of likely N-dealkylation sites (N-methyl/N-ethyl adjacent to an activating group) is 1. The van der Waals surface area contributed by atoms with Crippen molar-refractivity contribution in [2.24, 2.45) is 0 Å². The summed E-state index contributed by atoms with van der Waals surface area (Å²) >= 11 is 0. The van der Waals surface area contributed by atoms with Crippen LogP contribution in [0.15, 0.2) is 42.5 Å². The van der Waals surface area contributed by atoms with Gasteiger partial charge in [-0.1, -0.05) is 6.07 Å². The van der Waals surface area contributed by atoms with Gasteiger partial charge in [-0.3, -0.25) is 4.79 Å². The van der Waals surface area contributed by atoms with Crippen LogP contribution in [0.2, 0.25) is 0 Å². The molecule has 0 aliphatic rings. The van der Waals surface area contributed by atoms with Crippen LogP contribution in [0.3, 0.4) is 0 Å². The van der Waals surface area contributed by atoms with Crippen LogP contribution in [-0.4, -0.2) is 49.3 Å². The number of aryl methyl sites for hydroxylation is 1. The van der Waals surface area contributed by atoms with Gasteiger partial charge < -0.3 is 20.1 Å². The average Bonchev–Trinajstić information content (AvgIpc) is 2.53. The number of nitrogens with one attached hydrogen (secondary N) is 1. The van der Waals surface area contributed by atoms with E-state index in [1.807, 2.05) is 19.0 Å². The molecule has 0 unspecified atom stereocenters. The number of hydrogen-bond donors (Lipinski definition) is 2. The number of benzene rings is 2. The first kappa shape index (κ1) is 18.9. The Morgan fingerprint density at radius 1 is 1.24 bits per heavy atom. The van der Waals surface area contributed by atoms with Crippen LogP contribution >= 0.6 is 0 Å². The van der Waals surface area contributed by atoms with E-state index < -0.39 is 17.8 Å². The summed E-state index contributed by atoms with van der Waals surface area (Å²) in [5, 5.41) is 12.4. The lowest BCUT2D eigenvalue weighted by molar-refractivity contribution is 0.0831. The van der Waals surface area contributed by atoms with Gasteiger partial charge in [0.2, 0.25) is 0 Å². The number of rotatable bonds is 7. The number of anilines is 1. The molecule has 2 N–H and O–H groups in total. The van der Waals surface area contributed by atoms with E-state index in [1.54, 1.807) is 37.3 Å². The zero-order valence-electron chi connectivity index (χ0n) is 14.6. The molecule has 134 valence electrons. The lowest BCUT2D eigenvalue weighted by atomic mass is 10.1. The molecule has 0 radical (unpaired) electrons. The fraction of sp³-hybridized carbons (Fsp3) is 0.316. The molecule has 2 rings (SSSR count). The monoisotopic (exact) mass is 346 g/mol. The van der Waals surface area contributed by atoms with Gasteiger partial charge in [0, 0.05) is 12.2 Å². The molecule has 0 aromatic heterocycles. The first-order valence-corrected chi connectivity index (χ1v) is 7.98. The summed E-state index contributed by atoms with van der Waals surface area (Å²) in [6.45, 7) is 2.45. The van der Waals surface area contributed by atoms with E-state index in [1.165, 1.54) is 12.1 Å². The SMILES string of the molecule is Cc1ccc(C(=O)Nc2ccc(OC[C@H](O)CN(C)C)cc2)c(F)c1. The summed E-state index contributed by atoms with van der Waals surface area (Å²) in [6, 6.07) is 11.2. The van der Waals surface area contributed by atoms with Crippen molar-refractivity contribution in [3.8, 4) is 5.75 Å². The first-order valence-electron chi connectivity index (χ1n) is 7.98. The van der Waals surface area contributed by atoms with E-state index in [4.69, 9.17) is 4.74 Å². The lowest BCUT2D eigenvalue weighted by Crippen LogP contribution is -2.30. The van der Waals surface area contributed by atoms with Crippen LogP contribution in [0.5, 0.6) is 5.75 Å². The second-order valence-electron chi connectivity index (χ2n) is 6.19. The molecule has 6 heteroatoms. The minimum atomic E-state index is -0.584. The smallest absolute Gasteiger partial charge is 0.258 e. The van der Waals surface area contributed by atoms with Crippen LogP contribution in [0.25, 0.3) is 0 Å². The largest absolute Gasteiger partial charge is 0.491 e. The summed E-state index contributed by atoms with van der Waals surface area (Å²) < 4.78 is 19.3. The minimum Gasteiger partial charge on any atom is -0.491 e. The maximum absolute atomic E-state index is 13.8. The Bertz CT molecular complexity index is 717. The van der Waals surface area contributed by atoms with Gasteiger partial charge in [0.05, 0.1) is 5.56 Å². The number of halogens is 1. The lowest BCUT2D eigenvalue weighted by Gasteiger charge is -2.16. The Hall–Kier alpha value is -2.44. The van der Waals surface area contributed by atoms with Gasteiger partial charge in [-0.15, -0.1) is 0 Å². The molecular formula is C19H23FN2O3. The van der Waals surface area contributed by atoms with Crippen molar-refractivity contribution in [2.45, 2.75) is 13.0 Å². The highest BCUT2D eigenvalue weighted by molar-refractivity contribution is 6.04. The maximum Gasteiger partial charge on any atom is 0.258 e. The summed E-state index contributed by atoms with van der Waals surface area (Å²) in [7, 11) is 3.75. The molecular weight excluding hydrogens is 323 g/mol. The molecule has 2 aromatic carbocycles. The zero-order valence-corrected chi connectivity index (χ0v) is 14.6. The van der Waals surface area contributed by atoms with Crippen molar-refractivity contribution in [3.63, 3.8) is 0 Å². The number of amides is 1. The van der Waals surface area contributed by atoms with Gasteiger partial charge in [-0.25, -0.2) is 4.39 Å². The number of aliphatic hydroxyl groups is 1. The quantitative estimate of drug-likeness (QED) is 0.809. The Morgan fingerprint density at radius 2 is 1.92 bits per heavy atom. The number of hydrogen-bond acceptors (Lipinski definition) is 4. The standard InChI is InChI=1S/C19H23FN2O3/c1-13-4-9-17(18(20)10-13)19(24)21-14-5-7-16(8-6-14)25-12-15(23)11-22(2)3/h4-10,15,23H,11-12H2,1-3H3,(H,21,24)/t15-/m1/s1. The molecule has 0 heterocycles. The van der Waals surface area contributed by atoms with Gasteiger partial charge in [0.1, 0.15) is 24.3 Å². The van der Waals surface area contributed by atoms with Crippen molar-refractivity contribution < 1.29 is 19.0 Å². The van der Waals surface area contributed by atoms with Crippen molar-refractivity contribution in [1.29, 1.82) is 0 Å². The van der Waals surface area contributed by atoms with E-state index in [0.29, 0.717) is 18.0 Å². The Morgan fingerprint density at radius 3 is 2.52 bits per heavy atom. The number of aliphatic hydroxyl groups excluding tert-OH is 1.